The highest BCUT2D eigenvalue weighted by Gasteiger charge is 2.16. The lowest BCUT2D eigenvalue weighted by Crippen LogP contribution is -2.05. The largest absolute Gasteiger partial charge is 0.398 e. The molecule has 0 saturated carbocycles. The van der Waals surface area contributed by atoms with Crippen molar-refractivity contribution in [3.63, 3.8) is 0 Å². The Balaban J connectivity index is 2.19. The molecule has 1 heteroatoms. The topological polar surface area (TPSA) is 26.0 Å². The summed E-state index contributed by atoms with van der Waals surface area (Å²) < 4.78 is 0. The Hall–Kier alpha value is -2.28. The van der Waals surface area contributed by atoms with Crippen molar-refractivity contribution in [1.82, 2.24) is 0 Å². The minimum Gasteiger partial charge on any atom is -0.398 e. The first-order valence-corrected chi connectivity index (χ1v) is 7.15. The molecule has 0 radical (unpaired) electrons. The molecule has 1 aliphatic rings. The van der Waals surface area contributed by atoms with Crippen molar-refractivity contribution in [1.29, 1.82) is 0 Å². The van der Waals surface area contributed by atoms with Crippen LogP contribution in [0.2, 0.25) is 0 Å². The Morgan fingerprint density at radius 1 is 1.05 bits per heavy atom. The van der Waals surface area contributed by atoms with Crippen LogP contribution in [0.3, 0.4) is 0 Å². The molecule has 0 amide bonds. The van der Waals surface area contributed by atoms with Crippen LogP contribution in [-0.4, -0.2) is 0 Å². The Bertz CT molecular complexity index is 858. The van der Waals surface area contributed by atoms with Crippen molar-refractivity contribution in [2.24, 2.45) is 5.92 Å². The van der Waals surface area contributed by atoms with E-state index in [0.717, 1.165) is 12.1 Å². The van der Waals surface area contributed by atoms with Gasteiger partial charge in [0, 0.05) is 11.1 Å². The zero-order valence-corrected chi connectivity index (χ0v) is 11.6. The summed E-state index contributed by atoms with van der Waals surface area (Å²) in [5, 5.41) is 5.04. The second-order valence-corrected chi connectivity index (χ2v) is 5.78. The first-order valence-electron chi connectivity index (χ1n) is 7.15. The fourth-order valence-electron chi connectivity index (χ4n) is 3.36. The Morgan fingerprint density at radius 3 is 2.80 bits per heavy atom. The fourth-order valence-corrected chi connectivity index (χ4v) is 3.36. The number of allylic oxidation sites excluding steroid dienone is 1. The van der Waals surface area contributed by atoms with Gasteiger partial charge in [0.2, 0.25) is 0 Å². The second-order valence-electron chi connectivity index (χ2n) is 5.78. The van der Waals surface area contributed by atoms with Gasteiger partial charge in [0.1, 0.15) is 0 Å². The maximum atomic E-state index is 6.37. The number of nitrogens with two attached hydrogens (primary N) is 1. The van der Waals surface area contributed by atoms with E-state index in [1.165, 1.54) is 32.7 Å². The van der Waals surface area contributed by atoms with Crippen molar-refractivity contribution < 1.29 is 0 Å². The van der Waals surface area contributed by atoms with E-state index >= 15 is 0 Å². The Morgan fingerprint density at radius 2 is 1.90 bits per heavy atom. The smallest absolute Gasteiger partial charge is 0.0403 e. The van der Waals surface area contributed by atoms with E-state index in [1.54, 1.807) is 0 Å². The van der Waals surface area contributed by atoms with E-state index in [-0.39, 0.29) is 0 Å². The number of hydrogen-bond donors (Lipinski definition) is 1. The van der Waals surface area contributed by atoms with Gasteiger partial charge in [-0.25, -0.2) is 0 Å². The lowest BCUT2D eigenvalue weighted by atomic mass is 9.85. The number of anilines is 1. The molecule has 0 bridgehead atoms. The van der Waals surface area contributed by atoms with E-state index in [2.05, 4.69) is 61.5 Å². The zero-order valence-electron chi connectivity index (χ0n) is 11.6. The SMILES string of the molecule is CC1C=Cc2ccc3c(c(N)cc4ccccc43)c2C1. The molecule has 98 valence electrons. The molecule has 4 rings (SSSR count). The van der Waals surface area contributed by atoms with Gasteiger partial charge in [-0.1, -0.05) is 55.5 Å². The summed E-state index contributed by atoms with van der Waals surface area (Å²) in [6, 6.07) is 15.0. The van der Waals surface area contributed by atoms with E-state index in [9.17, 15) is 0 Å². The van der Waals surface area contributed by atoms with Crippen LogP contribution in [-0.2, 0) is 6.42 Å². The third-order valence-corrected chi connectivity index (χ3v) is 4.33. The van der Waals surface area contributed by atoms with Gasteiger partial charge in [0.05, 0.1) is 0 Å². The van der Waals surface area contributed by atoms with Crippen molar-refractivity contribution in [3.05, 3.63) is 59.7 Å². The van der Waals surface area contributed by atoms with Crippen LogP contribution >= 0.6 is 0 Å². The molecule has 0 heterocycles. The number of nitrogen functional groups attached to an aromatic ring is 1. The molecule has 0 fully saturated rings. The first-order chi connectivity index (χ1) is 9.74. The van der Waals surface area contributed by atoms with Crippen LogP contribution in [0.25, 0.3) is 27.6 Å². The van der Waals surface area contributed by atoms with Gasteiger partial charge >= 0.3 is 0 Å². The second kappa shape index (κ2) is 4.11. The molecule has 0 aliphatic heterocycles. The van der Waals surface area contributed by atoms with Crippen LogP contribution in [0.15, 0.2) is 48.5 Å². The minimum absolute atomic E-state index is 0.582. The van der Waals surface area contributed by atoms with Gasteiger partial charge in [-0.2, -0.15) is 0 Å². The van der Waals surface area contributed by atoms with E-state index in [1.807, 2.05) is 0 Å². The summed E-state index contributed by atoms with van der Waals surface area (Å²) in [6.07, 6.45) is 5.59. The van der Waals surface area contributed by atoms with E-state index in [0.29, 0.717) is 5.92 Å². The summed E-state index contributed by atoms with van der Waals surface area (Å²) >= 11 is 0. The molecule has 2 N–H and O–H groups in total. The number of hydrogen-bond acceptors (Lipinski definition) is 1. The van der Waals surface area contributed by atoms with Gasteiger partial charge in [-0.15, -0.1) is 0 Å². The zero-order chi connectivity index (χ0) is 13.7. The Kier molecular flexibility index (Phi) is 2.37. The molecule has 1 unspecified atom stereocenters. The van der Waals surface area contributed by atoms with Gasteiger partial charge in [0.25, 0.3) is 0 Å². The number of fused-ring (bicyclic) bond motifs is 5. The van der Waals surface area contributed by atoms with Crippen LogP contribution in [0.4, 0.5) is 5.69 Å². The number of rotatable bonds is 0. The summed E-state index contributed by atoms with van der Waals surface area (Å²) in [6.45, 7) is 2.26. The maximum absolute atomic E-state index is 6.37. The average molecular weight is 259 g/mol. The predicted octanol–water partition coefficient (Wildman–Crippen LogP) is 4.78. The molecule has 3 aromatic rings. The van der Waals surface area contributed by atoms with Crippen molar-refractivity contribution >= 4 is 33.3 Å². The molecule has 1 atom stereocenters. The maximum Gasteiger partial charge on any atom is 0.0403 e. The summed E-state index contributed by atoms with van der Waals surface area (Å²) in [5.74, 6) is 0.582. The highest BCUT2D eigenvalue weighted by molar-refractivity contribution is 6.14. The van der Waals surface area contributed by atoms with E-state index < -0.39 is 0 Å². The summed E-state index contributed by atoms with van der Waals surface area (Å²) in [5.41, 5.74) is 9.99. The molecule has 3 aromatic carbocycles. The fraction of sp³-hybridized carbons (Fsp3) is 0.158. The number of benzene rings is 3. The van der Waals surface area contributed by atoms with Gasteiger partial charge in [-0.3, -0.25) is 0 Å². The van der Waals surface area contributed by atoms with Crippen molar-refractivity contribution in [2.45, 2.75) is 13.3 Å². The van der Waals surface area contributed by atoms with Crippen LogP contribution in [0.1, 0.15) is 18.1 Å². The highest BCUT2D eigenvalue weighted by atomic mass is 14.6. The summed E-state index contributed by atoms with van der Waals surface area (Å²) in [7, 11) is 0. The lowest BCUT2D eigenvalue weighted by Gasteiger charge is -2.20. The molecule has 0 saturated heterocycles. The van der Waals surface area contributed by atoms with Crippen LogP contribution in [0, 0.1) is 5.92 Å². The van der Waals surface area contributed by atoms with Crippen molar-refractivity contribution in [3.8, 4) is 0 Å². The van der Waals surface area contributed by atoms with Crippen molar-refractivity contribution in [2.75, 3.05) is 5.73 Å². The molecule has 1 aliphatic carbocycles. The quantitative estimate of drug-likeness (QED) is 0.456. The highest BCUT2D eigenvalue weighted by Crippen LogP contribution is 2.37. The molecule has 20 heavy (non-hydrogen) atoms. The third-order valence-electron chi connectivity index (χ3n) is 4.33. The monoisotopic (exact) mass is 259 g/mol. The summed E-state index contributed by atoms with van der Waals surface area (Å²) in [4.78, 5) is 0. The van der Waals surface area contributed by atoms with Gasteiger partial charge in [-0.05, 0) is 45.7 Å². The predicted molar refractivity (Wildman–Crippen MR) is 87.8 cm³/mol. The average Bonchev–Trinajstić information content (AvgIpc) is 2.46. The standard InChI is InChI=1S/C19H17N/c1-12-6-7-13-8-9-16-15-5-3-2-4-14(15)11-18(20)19(16)17(13)10-12/h2-9,11-12H,10,20H2,1H3. The van der Waals surface area contributed by atoms with Gasteiger partial charge in [0.15, 0.2) is 0 Å². The lowest BCUT2D eigenvalue weighted by molar-refractivity contribution is 0.721. The van der Waals surface area contributed by atoms with Crippen LogP contribution < -0.4 is 5.73 Å². The van der Waals surface area contributed by atoms with Crippen LogP contribution in [0.5, 0.6) is 0 Å². The molecule has 0 spiro atoms. The normalized spacial score (nSPS) is 17.6. The Labute approximate surface area is 118 Å². The molecule has 0 aromatic heterocycles. The molecule has 1 nitrogen and oxygen atoms in total. The molecular formula is C19H17N. The molecular weight excluding hydrogens is 242 g/mol. The third kappa shape index (κ3) is 1.56. The first kappa shape index (κ1) is 11.5. The van der Waals surface area contributed by atoms with Gasteiger partial charge < -0.3 is 5.73 Å². The minimum atomic E-state index is 0.582. The van der Waals surface area contributed by atoms with E-state index in [4.69, 9.17) is 5.73 Å².